The van der Waals surface area contributed by atoms with Crippen LogP contribution in [0.2, 0.25) is 0 Å². The van der Waals surface area contributed by atoms with Crippen LogP contribution in [0.3, 0.4) is 0 Å². The van der Waals surface area contributed by atoms with Gasteiger partial charge in [0.1, 0.15) is 5.41 Å². The molecule has 1 amide bonds. The third-order valence-corrected chi connectivity index (χ3v) is 6.20. The van der Waals surface area contributed by atoms with Crippen molar-refractivity contribution < 1.29 is 18.3 Å². The van der Waals surface area contributed by atoms with Gasteiger partial charge in [0.25, 0.3) is 12.3 Å². The van der Waals surface area contributed by atoms with Crippen LogP contribution in [0.15, 0.2) is 60.9 Å². The minimum atomic E-state index is -2.56. The number of carbonyl (C=O) groups is 1. The molecule has 1 aromatic carbocycles. The fourth-order valence-corrected chi connectivity index (χ4v) is 4.15. The van der Waals surface area contributed by atoms with Crippen LogP contribution in [-0.4, -0.2) is 27.5 Å². The van der Waals surface area contributed by atoms with Crippen molar-refractivity contribution in [2.24, 2.45) is 0 Å². The Bertz CT molecular complexity index is 1520. The van der Waals surface area contributed by atoms with E-state index in [0.717, 1.165) is 5.39 Å². The number of nitrogens with zero attached hydrogens (tertiary/aromatic N) is 4. The summed E-state index contributed by atoms with van der Waals surface area (Å²) >= 11 is 0. The molecule has 0 saturated heterocycles. The molecule has 0 spiro atoms. The number of nitriles is 1. The number of carbonyl (C=O) groups excluding carboxylic acids is 1. The maximum absolute atomic E-state index is 13.1. The van der Waals surface area contributed by atoms with Gasteiger partial charge in [-0.05, 0) is 42.8 Å². The lowest BCUT2D eigenvalue weighted by molar-refractivity contribution is 0.0726. The van der Waals surface area contributed by atoms with Gasteiger partial charge in [-0.2, -0.15) is 5.26 Å². The average molecular weight is 485 g/mol. The molecule has 180 valence electrons. The fraction of sp³-hybridized carbons (Fsp3) is 0.222. The molecule has 1 N–H and O–H groups in total. The molecule has 4 heterocycles. The van der Waals surface area contributed by atoms with Crippen LogP contribution in [0.5, 0.6) is 0 Å². The molecule has 1 atom stereocenters. The highest BCUT2D eigenvalue weighted by molar-refractivity contribution is 5.94. The molecule has 0 radical (unpaired) electrons. The number of ether oxygens (including phenoxy) is 1. The van der Waals surface area contributed by atoms with Crippen LogP contribution < -0.4 is 5.32 Å². The lowest BCUT2D eigenvalue weighted by Crippen LogP contribution is -2.33. The lowest BCUT2D eigenvalue weighted by atomic mass is 9.82. The van der Waals surface area contributed by atoms with Gasteiger partial charge in [0.15, 0.2) is 0 Å². The van der Waals surface area contributed by atoms with Crippen molar-refractivity contribution in [1.82, 2.24) is 20.3 Å². The van der Waals surface area contributed by atoms with Crippen LogP contribution >= 0.6 is 0 Å². The lowest BCUT2D eigenvalue weighted by Gasteiger charge is -2.29. The Morgan fingerprint density at radius 2 is 2.06 bits per heavy atom. The van der Waals surface area contributed by atoms with Crippen molar-refractivity contribution in [2.45, 2.75) is 31.9 Å². The molecule has 36 heavy (non-hydrogen) atoms. The summed E-state index contributed by atoms with van der Waals surface area (Å²) in [4.78, 5) is 26.2. The number of amides is 1. The summed E-state index contributed by atoms with van der Waals surface area (Å²) in [6, 6.07) is 15.4. The summed E-state index contributed by atoms with van der Waals surface area (Å²) in [5.41, 5.74) is 3.14. The summed E-state index contributed by atoms with van der Waals surface area (Å²) < 4.78 is 31.7. The first-order chi connectivity index (χ1) is 17.4. The van der Waals surface area contributed by atoms with Gasteiger partial charge in [0.2, 0.25) is 0 Å². The molecular formula is C27H21F2N5O2. The summed E-state index contributed by atoms with van der Waals surface area (Å²) in [5, 5.41) is 13.2. The van der Waals surface area contributed by atoms with Crippen molar-refractivity contribution in [3.63, 3.8) is 0 Å². The summed E-state index contributed by atoms with van der Waals surface area (Å²) in [6.07, 6.45) is 0.565. The predicted molar refractivity (Wildman–Crippen MR) is 128 cm³/mol. The molecule has 5 rings (SSSR count). The third-order valence-electron chi connectivity index (χ3n) is 6.20. The van der Waals surface area contributed by atoms with Gasteiger partial charge in [0, 0.05) is 28.9 Å². The van der Waals surface area contributed by atoms with Crippen LogP contribution in [-0.2, 0) is 23.3 Å². The van der Waals surface area contributed by atoms with Gasteiger partial charge in [-0.3, -0.25) is 14.8 Å². The number of aromatic nitrogens is 3. The van der Waals surface area contributed by atoms with E-state index in [2.05, 4.69) is 26.3 Å². The van der Waals surface area contributed by atoms with Gasteiger partial charge in [0.05, 0.1) is 54.0 Å². The number of rotatable bonds is 5. The molecule has 1 aliphatic rings. The number of benzene rings is 1. The molecular weight excluding hydrogens is 464 g/mol. The topological polar surface area (TPSA) is 101 Å². The maximum Gasteiger partial charge on any atom is 0.263 e. The monoisotopic (exact) mass is 485 g/mol. The van der Waals surface area contributed by atoms with Crippen molar-refractivity contribution in [2.75, 3.05) is 6.61 Å². The Hall–Kier alpha value is -4.29. The third kappa shape index (κ3) is 4.51. The van der Waals surface area contributed by atoms with Crippen molar-refractivity contribution in [3.8, 4) is 17.3 Å². The number of hydrogen-bond acceptors (Lipinski definition) is 6. The Morgan fingerprint density at radius 1 is 1.19 bits per heavy atom. The quantitative estimate of drug-likeness (QED) is 0.433. The number of fused-ring (bicyclic) bond motifs is 2. The highest BCUT2D eigenvalue weighted by Crippen LogP contribution is 2.31. The normalized spacial score (nSPS) is 17.0. The van der Waals surface area contributed by atoms with Crippen LogP contribution in [0.25, 0.3) is 22.2 Å². The number of alkyl halides is 2. The van der Waals surface area contributed by atoms with E-state index < -0.39 is 11.8 Å². The van der Waals surface area contributed by atoms with Crippen molar-refractivity contribution >= 4 is 16.8 Å². The van der Waals surface area contributed by atoms with E-state index in [0.29, 0.717) is 45.9 Å². The number of halogens is 2. The second kappa shape index (κ2) is 9.40. The first-order valence-electron chi connectivity index (χ1n) is 11.3. The van der Waals surface area contributed by atoms with E-state index in [1.165, 1.54) is 18.3 Å². The second-order valence-electron chi connectivity index (χ2n) is 8.83. The van der Waals surface area contributed by atoms with E-state index in [4.69, 9.17) is 4.74 Å². The van der Waals surface area contributed by atoms with Gasteiger partial charge in [-0.15, -0.1) is 0 Å². The second-order valence-corrected chi connectivity index (χ2v) is 8.83. The molecule has 0 fully saturated rings. The minimum Gasteiger partial charge on any atom is -0.373 e. The van der Waals surface area contributed by atoms with Crippen molar-refractivity contribution in [1.29, 1.82) is 5.26 Å². The minimum absolute atomic E-state index is 0.0631. The highest BCUT2D eigenvalue weighted by atomic mass is 19.3. The zero-order valence-corrected chi connectivity index (χ0v) is 19.3. The molecule has 0 aliphatic carbocycles. The van der Waals surface area contributed by atoms with E-state index in [9.17, 15) is 18.8 Å². The number of pyridine rings is 3. The number of hydrogen-bond donors (Lipinski definition) is 1. The first kappa shape index (κ1) is 23.5. The van der Waals surface area contributed by atoms with E-state index in [-0.39, 0.29) is 24.6 Å². The number of nitrogens with one attached hydrogen (secondary N) is 1. The summed E-state index contributed by atoms with van der Waals surface area (Å²) in [6.45, 7) is 2.46. The molecule has 1 aliphatic heterocycles. The van der Waals surface area contributed by atoms with Crippen LogP contribution in [0, 0.1) is 11.3 Å². The smallest absolute Gasteiger partial charge is 0.263 e. The summed E-state index contributed by atoms with van der Waals surface area (Å²) in [7, 11) is 0. The highest BCUT2D eigenvalue weighted by Gasteiger charge is 2.34. The molecule has 7 nitrogen and oxygen atoms in total. The zero-order valence-electron chi connectivity index (χ0n) is 19.3. The molecule has 0 bridgehead atoms. The van der Waals surface area contributed by atoms with Gasteiger partial charge in [-0.25, -0.2) is 13.8 Å². The summed E-state index contributed by atoms with van der Waals surface area (Å²) in [5.74, 6) is -0.343. The average Bonchev–Trinajstić information content (AvgIpc) is 2.91. The van der Waals surface area contributed by atoms with Crippen LogP contribution in [0.4, 0.5) is 8.78 Å². The molecule has 3 aromatic heterocycles. The van der Waals surface area contributed by atoms with E-state index >= 15 is 0 Å². The molecule has 9 heteroatoms. The zero-order chi connectivity index (χ0) is 25.3. The largest absolute Gasteiger partial charge is 0.373 e. The molecule has 0 unspecified atom stereocenters. The predicted octanol–water partition coefficient (Wildman–Crippen LogP) is 4.87. The molecule has 0 saturated carbocycles. The van der Waals surface area contributed by atoms with Gasteiger partial charge >= 0.3 is 0 Å². The Labute approximate surface area is 205 Å². The Kier molecular flexibility index (Phi) is 6.12. The first-order valence-corrected chi connectivity index (χ1v) is 11.3. The Balaban J connectivity index is 1.35. The molecule has 4 aromatic rings. The standard InChI is InChI=1S/C27H21F2N5O2/c1-27(14-30)15-36-13-24-21(27)8-19(11-32-24)26(35)33-12-20-9-23-18(10-31-20)5-6-22(34-23)16-3-2-4-17(7-16)25(28)29/h2-11,25H,12-13,15H2,1H3,(H,33,35)/t27-/m1/s1. The Morgan fingerprint density at radius 3 is 2.86 bits per heavy atom. The van der Waals surface area contributed by atoms with Gasteiger partial charge < -0.3 is 10.1 Å². The SMILES string of the molecule is C[C@@]1(C#N)COCc2ncc(C(=O)NCc3cc4nc(-c5cccc(C(F)F)c5)ccc4cn3)cc21. The van der Waals surface area contributed by atoms with Crippen LogP contribution in [0.1, 0.15) is 46.2 Å². The van der Waals surface area contributed by atoms with E-state index in [1.54, 1.807) is 43.5 Å². The van der Waals surface area contributed by atoms with Gasteiger partial charge in [-0.1, -0.05) is 18.2 Å². The van der Waals surface area contributed by atoms with Crippen molar-refractivity contribution in [3.05, 3.63) is 89.0 Å². The maximum atomic E-state index is 13.1. The van der Waals surface area contributed by atoms with E-state index in [1.807, 2.05) is 6.07 Å². The fourth-order valence-electron chi connectivity index (χ4n) is 4.15.